The van der Waals surface area contributed by atoms with E-state index in [4.69, 9.17) is 23.1 Å². The second-order valence-corrected chi connectivity index (χ2v) is 10.2. The molecule has 0 radical (unpaired) electrons. The molecule has 2 atom stereocenters. The lowest BCUT2D eigenvalue weighted by Crippen LogP contribution is -2.48. The molecule has 2 aliphatic rings. The molecule has 1 aliphatic heterocycles. The predicted octanol–water partition coefficient (Wildman–Crippen LogP) is 3.21. The molecule has 0 unspecified atom stereocenters. The van der Waals surface area contributed by atoms with Crippen molar-refractivity contribution >= 4 is 35.1 Å². The highest BCUT2D eigenvalue weighted by Gasteiger charge is 2.46. The van der Waals surface area contributed by atoms with Crippen molar-refractivity contribution < 1.29 is 0 Å². The van der Waals surface area contributed by atoms with Crippen LogP contribution in [0.2, 0.25) is 5.02 Å². The molecule has 0 amide bonds. The number of pyridine rings is 1. The van der Waals surface area contributed by atoms with Gasteiger partial charge in [0.2, 0.25) is 5.95 Å². The summed E-state index contributed by atoms with van der Waals surface area (Å²) in [5.74, 6) is 1.54. The van der Waals surface area contributed by atoms with Crippen molar-refractivity contribution in [3.8, 4) is 0 Å². The molecule has 162 valence electrons. The number of piperidine rings is 1. The lowest BCUT2D eigenvalue weighted by molar-refractivity contribution is 0.192. The van der Waals surface area contributed by atoms with E-state index in [-0.39, 0.29) is 22.8 Å². The van der Waals surface area contributed by atoms with E-state index < -0.39 is 0 Å². The fraction of sp³-hybridized carbons (Fsp3) is 0.571. The Kier molecular flexibility index (Phi) is 5.76. The highest BCUT2D eigenvalue weighted by atomic mass is 35.5. The molecule has 30 heavy (non-hydrogen) atoms. The zero-order chi connectivity index (χ0) is 21.6. The van der Waals surface area contributed by atoms with Crippen molar-refractivity contribution in [2.45, 2.75) is 55.4 Å². The van der Waals surface area contributed by atoms with E-state index in [1.807, 2.05) is 6.92 Å². The van der Waals surface area contributed by atoms with Crippen LogP contribution in [0.25, 0.3) is 0 Å². The minimum Gasteiger partial charge on any atom is -0.382 e. The van der Waals surface area contributed by atoms with Gasteiger partial charge in [0.05, 0.1) is 10.7 Å². The van der Waals surface area contributed by atoms with Crippen molar-refractivity contribution in [2.75, 3.05) is 23.7 Å². The summed E-state index contributed by atoms with van der Waals surface area (Å²) in [6.07, 6.45) is 6.02. The number of aryl methyl sites for hydroxylation is 1. The van der Waals surface area contributed by atoms with E-state index in [9.17, 15) is 4.79 Å². The Balaban J connectivity index is 1.58. The lowest BCUT2D eigenvalue weighted by atomic mass is 9.74. The Morgan fingerprint density at radius 3 is 2.67 bits per heavy atom. The van der Waals surface area contributed by atoms with Gasteiger partial charge in [-0.1, -0.05) is 30.3 Å². The summed E-state index contributed by atoms with van der Waals surface area (Å²) in [4.78, 5) is 25.2. The number of nitrogens with zero attached hydrogens (tertiary/aromatic N) is 4. The number of hydrogen-bond acceptors (Lipinski definition) is 7. The second-order valence-electron chi connectivity index (χ2n) is 8.80. The average molecular weight is 449 g/mol. The van der Waals surface area contributed by atoms with Gasteiger partial charge in [-0.25, -0.2) is 0 Å². The number of rotatable bonds is 3. The van der Waals surface area contributed by atoms with Gasteiger partial charge in [0.25, 0.3) is 5.56 Å². The first-order chi connectivity index (χ1) is 14.2. The Hall–Kier alpha value is -1.77. The van der Waals surface area contributed by atoms with Gasteiger partial charge in [-0.2, -0.15) is 4.98 Å². The van der Waals surface area contributed by atoms with Gasteiger partial charge in [0.1, 0.15) is 10.7 Å². The zero-order valence-electron chi connectivity index (χ0n) is 17.7. The van der Waals surface area contributed by atoms with Crippen LogP contribution in [0.5, 0.6) is 0 Å². The van der Waals surface area contributed by atoms with E-state index >= 15 is 0 Å². The van der Waals surface area contributed by atoms with Gasteiger partial charge in [-0.15, -0.1) is 0 Å². The molecule has 7 nitrogen and oxygen atoms in total. The van der Waals surface area contributed by atoms with Crippen LogP contribution in [0.4, 0.5) is 11.8 Å². The van der Waals surface area contributed by atoms with Crippen LogP contribution in [-0.4, -0.2) is 33.7 Å². The fourth-order valence-corrected chi connectivity index (χ4v) is 6.21. The Labute approximate surface area is 186 Å². The Morgan fingerprint density at radius 1 is 1.33 bits per heavy atom. The molecule has 4 N–H and O–H groups in total. The normalized spacial score (nSPS) is 23.3. The van der Waals surface area contributed by atoms with Gasteiger partial charge in [0.15, 0.2) is 0 Å². The quantitative estimate of drug-likeness (QED) is 0.742. The molecule has 2 aromatic heterocycles. The molecular weight excluding hydrogens is 420 g/mol. The third-order valence-corrected chi connectivity index (χ3v) is 8.47. The maximum Gasteiger partial charge on any atom is 0.270 e. The zero-order valence-corrected chi connectivity index (χ0v) is 19.3. The third kappa shape index (κ3) is 3.69. The SMILES string of the molecule is Cc1nccc(Sc2c(N)nc(N3CCC4(CC3)C[C@@H](C)C[C@H]4N)n(C)c2=O)c1Cl. The van der Waals surface area contributed by atoms with Gasteiger partial charge < -0.3 is 16.4 Å². The first kappa shape index (κ1) is 21.5. The van der Waals surface area contributed by atoms with Gasteiger partial charge >= 0.3 is 0 Å². The van der Waals surface area contributed by atoms with Crippen LogP contribution in [0.3, 0.4) is 0 Å². The van der Waals surface area contributed by atoms with E-state index in [1.54, 1.807) is 23.9 Å². The predicted molar refractivity (Wildman–Crippen MR) is 122 cm³/mol. The summed E-state index contributed by atoms with van der Waals surface area (Å²) in [5, 5.41) is 0.525. The number of halogens is 1. The molecular formula is C21H29ClN6OS. The maximum atomic E-state index is 13.1. The largest absolute Gasteiger partial charge is 0.382 e. The van der Waals surface area contributed by atoms with Crippen molar-refractivity contribution in [3.63, 3.8) is 0 Å². The number of nitrogen functional groups attached to an aromatic ring is 1. The van der Waals surface area contributed by atoms with Crippen LogP contribution < -0.4 is 21.9 Å². The fourth-order valence-electron chi connectivity index (χ4n) is 5.02. The minimum atomic E-state index is -0.167. The summed E-state index contributed by atoms with van der Waals surface area (Å²) in [5.41, 5.74) is 13.5. The molecule has 0 bridgehead atoms. The topological polar surface area (TPSA) is 103 Å². The van der Waals surface area contributed by atoms with Crippen LogP contribution in [-0.2, 0) is 7.05 Å². The molecule has 1 saturated heterocycles. The van der Waals surface area contributed by atoms with E-state index in [0.29, 0.717) is 27.5 Å². The first-order valence-electron chi connectivity index (χ1n) is 10.4. The summed E-state index contributed by atoms with van der Waals surface area (Å²) < 4.78 is 1.59. The number of hydrogen-bond donors (Lipinski definition) is 2. The summed E-state index contributed by atoms with van der Waals surface area (Å²) in [7, 11) is 1.75. The highest BCUT2D eigenvalue weighted by Crippen LogP contribution is 2.48. The van der Waals surface area contributed by atoms with Crippen LogP contribution >= 0.6 is 23.4 Å². The monoisotopic (exact) mass is 448 g/mol. The minimum absolute atomic E-state index is 0.167. The maximum absolute atomic E-state index is 13.1. The summed E-state index contributed by atoms with van der Waals surface area (Å²) >= 11 is 7.59. The highest BCUT2D eigenvalue weighted by molar-refractivity contribution is 7.99. The molecule has 3 heterocycles. The molecule has 2 aromatic rings. The van der Waals surface area contributed by atoms with Crippen molar-refractivity contribution in [3.05, 3.63) is 33.3 Å². The number of nitrogens with two attached hydrogens (primary N) is 2. The summed E-state index contributed by atoms with van der Waals surface area (Å²) in [6, 6.07) is 2.05. The lowest BCUT2D eigenvalue weighted by Gasteiger charge is -2.42. The average Bonchev–Trinajstić information content (AvgIpc) is 2.98. The molecule has 1 aliphatic carbocycles. The van der Waals surface area contributed by atoms with E-state index in [1.165, 1.54) is 18.2 Å². The Bertz CT molecular complexity index is 1020. The second kappa shape index (κ2) is 8.05. The smallest absolute Gasteiger partial charge is 0.270 e. The first-order valence-corrected chi connectivity index (χ1v) is 11.6. The molecule has 0 aromatic carbocycles. The Morgan fingerprint density at radius 2 is 2.03 bits per heavy atom. The molecule has 2 fully saturated rings. The van der Waals surface area contributed by atoms with Crippen LogP contribution in [0, 0.1) is 18.3 Å². The van der Waals surface area contributed by atoms with Crippen LogP contribution in [0.15, 0.2) is 26.8 Å². The van der Waals surface area contributed by atoms with Crippen LogP contribution in [0.1, 0.15) is 38.3 Å². The van der Waals surface area contributed by atoms with Gasteiger partial charge in [-0.3, -0.25) is 14.3 Å². The third-order valence-electron chi connectivity index (χ3n) is 6.73. The molecule has 9 heteroatoms. The summed E-state index contributed by atoms with van der Waals surface area (Å²) in [6.45, 7) is 5.79. The molecule has 4 rings (SSSR count). The molecule has 1 spiro atoms. The van der Waals surface area contributed by atoms with E-state index in [2.05, 4.69) is 21.8 Å². The van der Waals surface area contributed by atoms with Gasteiger partial charge in [0, 0.05) is 37.3 Å². The van der Waals surface area contributed by atoms with Gasteiger partial charge in [-0.05, 0) is 50.0 Å². The standard InChI is InChI=1S/C21H29ClN6OS/c1-12-10-15(23)21(11-12)5-8-28(9-6-21)20-26-18(24)17(19(29)27(20)3)30-14-4-7-25-13(2)16(14)22/h4,7,12,15H,5-6,8-11,23-24H2,1-3H3/t12-,15+/m0/s1. The molecule has 1 saturated carbocycles. The van der Waals surface area contributed by atoms with Crippen molar-refractivity contribution in [1.82, 2.24) is 14.5 Å². The number of anilines is 2. The van der Waals surface area contributed by atoms with Crippen molar-refractivity contribution in [2.24, 2.45) is 24.1 Å². The number of aromatic nitrogens is 3. The van der Waals surface area contributed by atoms with E-state index in [0.717, 1.165) is 37.2 Å². The van der Waals surface area contributed by atoms with Crippen molar-refractivity contribution in [1.29, 1.82) is 0 Å².